The maximum absolute atomic E-state index is 14.4. The highest BCUT2D eigenvalue weighted by Crippen LogP contribution is 2.30. The SMILES string of the molecule is Cc1ccc(-c2ccc(-c3ccc(C)cn3)c(F)c2F)cc1. The first kappa shape index (κ1) is 14.4. The number of hydrogen-bond acceptors (Lipinski definition) is 1. The molecule has 0 saturated heterocycles. The van der Waals surface area contributed by atoms with Gasteiger partial charge in [-0.05, 0) is 37.1 Å². The summed E-state index contributed by atoms with van der Waals surface area (Å²) in [5.74, 6) is -1.71. The molecule has 3 rings (SSSR count). The minimum absolute atomic E-state index is 0.174. The van der Waals surface area contributed by atoms with Crippen molar-refractivity contribution in [1.29, 1.82) is 0 Å². The minimum Gasteiger partial charge on any atom is -0.256 e. The number of aryl methyl sites for hydroxylation is 2. The molecular weight excluding hydrogens is 280 g/mol. The molecule has 0 N–H and O–H groups in total. The van der Waals surface area contributed by atoms with Crippen LogP contribution >= 0.6 is 0 Å². The number of hydrogen-bond donors (Lipinski definition) is 0. The van der Waals surface area contributed by atoms with Gasteiger partial charge in [-0.2, -0.15) is 0 Å². The summed E-state index contributed by atoms with van der Waals surface area (Å²) < 4.78 is 28.8. The fourth-order valence-electron chi connectivity index (χ4n) is 2.33. The Morgan fingerprint density at radius 3 is 1.91 bits per heavy atom. The molecule has 0 amide bonds. The average Bonchev–Trinajstić information content (AvgIpc) is 2.52. The van der Waals surface area contributed by atoms with E-state index in [1.165, 1.54) is 0 Å². The van der Waals surface area contributed by atoms with Gasteiger partial charge in [-0.1, -0.05) is 42.0 Å². The van der Waals surface area contributed by atoms with Crippen molar-refractivity contribution in [2.45, 2.75) is 13.8 Å². The number of benzene rings is 2. The van der Waals surface area contributed by atoms with E-state index in [0.717, 1.165) is 11.1 Å². The highest BCUT2D eigenvalue weighted by molar-refractivity contribution is 5.70. The molecule has 0 fully saturated rings. The normalized spacial score (nSPS) is 10.7. The lowest BCUT2D eigenvalue weighted by Crippen LogP contribution is -1.95. The van der Waals surface area contributed by atoms with Crippen LogP contribution in [0.1, 0.15) is 11.1 Å². The fourth-order valence-corrected chi connectivity index (χ4v) is 2.33. The van der Waals surface area contributed by atoms with Crippen LogP contribution in [0, 0.1) is 25.5 Å². The van der Waals surface area contributed by atoms with Crippen LogP contribution in [-0.2, 0) is 0 Å². The number of nitrogens with zero attached hydrogens (tertiary/aromatic N) is 1. The van der Waals surface area contributed by atoms with Crippen LogP contribution in [0.4, 0.5) is 8.78 Å². The van der Waals surface area contributed by atoms with Gasteiger partial charge in [0.1, 0.15) is 0 Å². The van der Waals surface area contributed by atoms with E-state index in [2.05, 4.69) is 4.98 Å². The Hall–Kier alpha value is -2.55. The third kappa shape index (κ3) is 2.62. The first-order valence-electron chi connectivity index (χ1n) is 7.04. The van der Waals surface area contributed by atoms with E-state index in [1.54, 1.807) is 36.5 Å². The van der Waals surface area contributed by atoms with Gasteiger partial charge in [0, 0.05) is 17.3 Å². The summed E-state index contributed by atoms with van der Waals surface area (Å²) >= 11 is 0. The molecule has 0 aliphatic rings. The van der Waals surface area contributed by atoms with Crippen molar-refractivity contribution in [3.8, 4) is 22.4 Å². The van der Waals surface area contributed by atoms with Crippen LogP contribution in [0.3, 0.4) is 0 Å². The Morgan fingerprint density at radius 2 is 1.27 bits per heavy atom. The molecule has 0 atom stereocenters. The van der Waals surface area contributed by atoms with Gasteiger partial charge >= 0.3 is 0 Å². The lowest BCUT2D eigenvalue weighted by atomic mass is 10.00. The quantitative estimate of drug-likeness (QED) is 0.624. The van der Waals surface area contributed by atoms with Crippen LogP contribution in [-0.4, -0.2) is 4.98 Å². The maximum Gasteiger partial charge on any atom is 0.168 e. The van der Waals surface area contributed by atoms with E-state index >= 15 is 0 Å². The van der Waals surface area contributed by atoms with E-state index in [9.17, 15) is 8.78 Å². The molecule has 1 nitrogen and oxygen atoms in total. The van der Waals surface area contributed by atoms with Crippen LogP contribution in [0.5, 0.6) is 0 Å². The molecule has 22 heavy (non-hydrogen) atoms. The minimum atomic E-state index is -0.866. The zero-order chi connectivity index (χ0) is 15.7. The summed E-state index contributed by atoms with van der Waals surface area (Å²) in [6, 6.07) is 14.0. The van der Waals surface area contributed by atoms with Gasteiger partial charge in [-0.15, -0.1) is 0 Å². The van der Waals surface area contributed by atoms with Crippen molar-refractivity contribution in [1.82, 2.24) is 4.98 Å². The van der Waals surface area contributed by atoms with Crippen molar-refractivity contribution in [3.63, 3.8) is 0 Å². The van der Waals surface area contributed by atoms with Crippen molar-refractivity contribution >= 4 is 0 Å². The third-order valence-corrected chi connectivity index (χ3v) is 3.63. The Kier molecular flexibility index (Phi) is 3.72. The lowest BCUT2D eigenvalue weighted by molar-refractivity contribution is 0.513. The number of pyridine rings is 1. The lowest BCUT2D eigenvalue weighted by Gasteiger charge is -2.09. The molecule has 0 saturated carbocycles. The summed E-state index contributed by atoms with van der Waals surface area (Å²) in [5.41, 5.74) is 3.57. The Labute approximate surface area is 128 Å². The van der Waals surface area contributed by atoms with E-state index in [0.29, 0.717) is 11.3 Å². The summed E-state index contributed by atoms with van der Waals surface area (Å²) in [5, 5.41) is 0. The molecule has 0 spiro atoms. The number of halogens is 2. The topological polar surface area (TPSA) is 12.9 Å². The van der Waals surface area contributed by atoms with Gasteiger partial charge in [-0.25, -0.2) is 8.78 Å². The van der Waals surface area contributed by atoms with Gasteiger partial charge in [-0.3, -0.25) is 4.98 Å². The second-order valence-electron chi connectivity index (χ2n) is 5.38. The van der Waals surface area contributed by atoms with Crippen molar-refractivity contribution in [2.24, 2.45) is 0 Å². The van der Waals surface area contributed by atoms with E-state index < -0.39 is 11.6 Å². The molecule has 0 aliphatic carbocycles. The Bertz CT molecular complexity index is 736. The first-order chi connectivity index (χ1) is 10.6. The molecule has 3 aromatic rings. The molecule has 1 aromatic heterocycles. The fraction of sp³-hybridized carbons (Fsp3) is 0.105. The third-order valence-electron chi connectivity index (χ3n) is 3.63. The standard InChI is InChI=1S/C19H15F2N/c1-12-3-6-14(7-4-12)15-8-9-16(19(21)18(15)20)17-10-5-13(2)11-22-17/h3-11H,1-2H3. The van der Waals surface area contributed by atoms with Crippen LogP contribution < -0.4 is 0 Å². The zero-order valence-corrected chi connectivity index (χ0v) is 12.4. The highest BCUT2D eigenvalue weighted by Gasteiger charge is 2.16. The zero-order valence-electron chi connectivity index (χ0n) is 12.4. The van der Waals surface area contributed by atoms with Crippen molar-refractivity contribution < 1.29 is 8.78 Å². The Morgan fingerprint density at radius 1 is 0.682 bits per heavy atom. The monoisotopic (exact) mass is 295 g/mol. The summed E-state index contributed by atoms with van der Waals surface area (Å²) in [6.07, 6.45) is 1.64. The number of aromatic nitrogens is 1. The molecule has 0 radical (unpaired) electrons. The van der Waals surface area contributed by atoms with Crippen LogP contribution in [0.15, 0.2) is 54.7 Å². The molecule has 0 unspecified atom stereocenters. The van der Waals surface area contributed by atoms with E-state index in [1.807, 2.05) is 32.0 Å². The molecule has 3 heteroatoms. The maximum atomic E-state index is 14.4. The summed E-state index contributed by atoms with van der Waals surface area (Å²) in [7, 11) is 0. The first-order valence-corrected chi connectivity index (χ1v) is 7.04. The average molecular weight is 295 g/mol. The molecule has 1 heterocycles. The van der Waals surface area contributed by atoms with Gasteiger partial charge in [0.15, 0.2) is 11.6 Å². The Balaban J connectivity index is 2.08. The molecule has 2 aromatic carbocycles. The summed E-state index contributed by atoms with van der Waals surface area (Å²) in [4.78, 5) is 4.16. The van der Waals surface area contributed by atoms with E-state index in [-0.39, 0.29) is 11.1 Å². The second kappa shape index (κ2) is 5.68. The van der Waals surface area contributed by atoms with E-state index in [4.69, 9.17) is 0 Å². The largest absolute Gasteiger partial charge is 0.256 e. The molecule has 110 valence electrons. The second-order valence-corrected chi connectivity index (χ2v) is 5.38. The van der Waals surface area contributed by atoms with Gasteiger partial charge in [0.25, 0.3) is 0 Å². The van der Waals surface area contributed by atoms with Crippen LogP contribution in [0.25, 0.3) is 22.4 Å². The van der Waals surface area contributed by atoms with Crippen molar-refractivity contribution in [2.75, 3.05) is 0 Å². The summed E-state index contributed by atoms with van der Waals surface area (Å²) in [6.45, 7) is 3.85. The van der Waals surface area contributed by atoms with Gasteiger partial charge in [0.05, 0.1) is 5.69 Å². The van der Waals surface area contributed by atoms with Crippen molar-refractivity contribution in [3.05, 3.63) is 77.5 Å². The highest BCUT2D eigenvalue weighted by atomic mass is 19.2. The molecule has 0 bridgehead atoms. The molecule has 0 aliphatic heterocycles. The van der Waals surface area contributed by atoms with Gasteiger partial charge < -0.3 is 0 Å². The predicted molar refractivity (Wildman–Crippen MR) is 84.5 cm³/mol. The van der Waals surface area contributed by atoms with Crippen LogP contribution in [0.2, 0.25) is 0 Å². The van der Waals surface area contributed by atoms with Gasteiger partial charge in [0.2, 0.25) is 0 Å². The predicted octanol–water partition coefficient (Wildman–Crippen LogP) is 5.31. The number of rotatable bonds is 2. The molecular formula is C19H15F2N. The smallest absolute Gasteiger partial charge is 0.168 e.